The molecule has 1 unspecified atom stereocenters. The minimum Gasteiger partial charge on any atom is -0.334 e. The van der Waals surface area contributed by atoms with Crippen molar-refractivity contribution in [1.29, 1.82) is 0 Å². The van der Waals surface area contributed by atoms with E-state index in [0.29, 0.717) is 6.04 Å². The SMILES string of the molecule is CCc1ccccc1C(=O)N1CCCC1CNC.Cl. The topological polar surface area (TPSA) is 32.3 Å². The fraction of sp³-hybridized carbons (Fsp3) is 0.533. The standard InChI is InChI=1S/C15H22N2O.ClH/c1-3-12-7-4-5-9-14(12)15(18)17-10-6-8-13(17)11-16-2;/h4-5,7,9,13,16H,3,6,8,10-11H2,1-2H3;1H. The molecule has 19 heavy (non-hydrogen) atoms. The van der Waals surface area contributed by atoms with E-state index in [4.69, 9.17) is 0 Å². The van der Waals surface area contributed by atoms with Crippen LogP contribution in [0.3, 0.4) is 0 Å². The maximum atomic E-state index is 12.6. The molecule has 2 rings (SSSR count). The number of hydrogen-bond acceptors (Lipinski definition) is 2. The van der Waals surface area contributed by atoms with Crippen LogP contribution in [-0.2, 0) is 6.42 Å². The zero-order chi connectivity index (χ0) is 13.0. The van der Waals surface area contributed by atoms with E-state index in [-0.39, 0.29) is 18.3 Å². The fourth-order valence-electron chi connectivity index (χ4n) is 2.74. The normalized spacial score (nSPS) is 18.2. The summed E-state index contributed by atoms with van der Waals surface area (Å²) >= 11 is 0. The third kappa shape index (κ3) is 3.48. The summed E-state index contributed by atoms with van der Waals surface area (Å²) in [7, 11) is 1.95. The van der Waals surface area contributed by atoms with E-state index >= 15 is 0 Å². The summed E-state index contributed by atoms with van der Waals surface area (Å²) in [6, 6.07) is 8.32. The highest BCUT2D eigenvalue weighted by Gasteiger charge is 2.29. The van der Waals surface area contributed by atoms with Gasteiger partial charge in [0, 0.05) is 24.7 Å². The molecule has 1 aromatic rings. The second kappa shape index (κ2) is 7.51. The van der Waals surface area contributed by atoms with Gasteiger partial charge >= 0.3 is 0 Å². The van der Waals surface area contributed by atoms with Gasteiger partial charge in [0.05, 0.1) is 0 Å². The van der Waals surface area contributed by atoms with Gasteiger partial charge in [0.15, 0.2) is 0 Å². The number of hydrogen-bond donors (Lipinski definition) is 1. The predicted molar refractivity (Wildman–Crippen MR) is 81.1 cm³/mol. The highest BCUT2D eigenvalue weighted by molar-refractivity contribution is 5.96. The van der Waals surface area contributed by atoms with Crippen LogP contribution in [0.1, 0.15) is 35.7 Å². The van der Waals surface area contributed by atoms with Crippen molar-refractivity contribution in [3.63, 3.8) is 0 Å². The monoisotopic (exact) mass is 282 g/mol. The lowest BCUT2D eigenvalue weighted by Gasteiger charge is -2.25. The van der Waals surface area contributed by atoms with E-state index in [1.165, 1.54) is 0 Å². The maximum Gasteiger partial charge on any atom is 0.254 e. The maximum absolute atomic E-state index is 12.6. The number of carbonyl (C=O) groups is 1. The first-order valence-electron chi connectivity index (χ1n) is 6.81. The average molecular weight is 283 g/mol. The van der Waals surface area contributed by atoms with Crippen molar-refractivity contribution in [2.24, 2.45) is 0 Å². The lowest BCUT2D eigenvalue weighted by atomic mass is 10.0. The molecule has 1 amide bonds. The van der Waals surface area contributed by atoms with Crippen LogP contribution >= 0.6 is 12.4 Å². The van der Waals surface area contributed by atoms with E-state index in [9.17, 15) is 4.79 Å². The summed E-state index contributed by atoms with van der Waals surface area (Å²) in [6.45, 7) is 3.88. The van der Waals surface area contributed by atoms with Gasteiger partial charge in [-0.1, -0.05) is 25.1 Å². The molecule has 1 N–H and O–H groups in total. The molecular formula is C15H23ClN2O. The number of nitrogens with zero attached hydrogens (tertiary/aromatic N) is 1. The van der Waals surface area contributed by atoms with Crippen molar-refractivity contribution < 1.29 is 4.79 Å². The Balaban J connectivity index is 0.00000180. The Labute approximate surface area is 121 Å². The van der Waals surface area contributed by atoms with Crippen LogP contribution in [0.5, 0.6) is 0 Å². The third-order valence-electron chi connectivity index (χ3n) is 3.71. The van der Waals surface area contributed by atoms with Crippen LogP contribution in [0, 0.1) is 0 Å². The quantitative estimate of drug-likeness (QED) is 0.920. The molecule has 1 heterocycles. The van der Waals surface area contributed by atoms with Gasteiger partial charge in [-0.15, -0.1) is 12.4 Å². The van der Waals surface area contributed by atoms with E-state index in [1.807, 2.05) is 30.1 Å². The number of halogens is 1. The third-order valence-corrected chi connectivity index (χ3v) is 3.71. The second-order valence-corrected chi connectivity index (χ2v) is 4.86. The molecule has 0 radical (unpaired) electrons. The van der Waals surface area contributed by atoms with Crippen LogP contribution < -0.4 is 5.32 Å². The Bertz CT molecular complexity index is 422. The smallest absolute Gasteiger partial charge is 0.254 e. The Hall–Kier alpha value is -1.06. The molecule has 1 saturated heterocycles. The van der Waals surface area contributed by atoms with Gasteiger partial charge in [-0.2, -0.15) is 0 Å². The minimum absolute atomic E-state index is 0. The number of likely N-dealkylation sites (tertiary alicyclic amines) is 1. The second-order valence-electron chi connectivity index (χ2n) is 4.86. The molecule has 0 spiro atoms. The lowest BCUT2D eigenvalue weighted by molar-refractivity contribution is 0.0736. The van der Waals surface area contributed by atoms with Gasteiger partial charge in [0.1, 0.15) is 0 Å². The highest BCUT2D eigenvalue weighted by atomic mass is 35.5. The summed E-state index contributed by atoms with van der Waals surface area (Å²) in [6.07, 6.45) is 3.14. The summed E-state index contributed by atoms with van der Waals surface area (Å²) in [5.41, 5.74) is 2.03. The van der Waals surface area contributed by atoms with Crippen molar-refractivity contribution >= 4 is 18.3 Å². The molecule has 3 nitrogen and oxygen atoms in total. The number of carbonyl (C=O) groups excluding carboxylic acids is 1. The van der Waals surface area contributed by atoms with Gasteiger partial charge in [0.2, 0.25) is 0 Å². The zero-order valence-electron chi connectivity index (χ0n) is 11.7. The lowest BCUT2D eigenvalue weighted by Crippen LogP contribution is -2.41. The number of amides is 1. The van der Waals surface area contributed by atoms with Crippen LogP contribution in [-0.4, -0.2) is 37.0 Å². The molecule has 0 aliphatic carbocycles. The molecule has 0 aromatic heterocycles. The first kappa shape index (κ1) is 16.0. The van der Waals surface area contributed by atoms with Gasteiger partial charge in [-0.05, 0) is 37.9 Å². The predicted octanol–water partition coefficient (Wildman–Crippen LogP) is 2.49. The average Bonchev–Trinajstić information content (AvgIpc) is 2.86. The molecule has 0 saturated carbocycles. The molecule has 1 aliphatic heterocycles. The van der Waals surface area contributed by atoms with E-state index in [2.05, 4.69) is 18.3 Å². The zero-order valence-corrected chi connectivity index (χ0v) is 12.5. The molecule has 1 fully saturated rings. The molecule has 1 aromatic carbocycles. The largest absolute Gasteiger partial charge is 0.334 e. The van der Waals surface area contributed by atoms with Crippen molar-refractivity contribution in [3.8, 4) is 0 Å². The number of likely N-dealkylation sites (N-methyl/N-ethyl adjacent to an activating group) is 1. The molecule has 0 bridgehead atoms. The van der Waals surface area contributed by atoms with Crippen LogP contribution in [0.2, 0.25) is 0 Å². The first-order valence-corrected chi connectivity index (χ1v) is 6.81. The van der Waals surface area contributed by atoms with Crippen molar-refractivity contribution in [1.82, 2.24) is 10.2 Å². The summed E-state index contributed by atoms with van der Waals surface area (Å²) in [5, 5.41) is 3.18. The van der Waals surface area contributed by atoms with Gasteiger partial charge in [-0.3, -0.25) is 4.79 Å². The Kier molecular flexibility index (Phi) is 6.32. The van der Waals surface area contributed by atoms with Gasteiger partial charge in [-0.25, -0.2) is 0 Å². The van der Waals surface area contributed by atoms with Crippen molar-refractivity contribution in [2.45, 2.75) is 32.2 Å². The number of nitrogens with one attached hydrogen (secondary N) is 1. The first-order chi connectivity index (χ1) is 8.77. The van der Waals surface area contributed by atoms with E-state index in [0.717, 1.165) is 43.5 Å². The van der Waals surface area contributed by atoms with E-state index in [1.54, 1.807) is 0 Å². The highest BCUT2D eigenvalue weighted by Crippen LogP contribution is 2.21. The molecule has 1 atom stereocenters. The van der Waals surface area contributed by atoms with Crippen LogP contribution in [0.15, 0.2) is 24.3 Å². The summed E-state index contributed by atoms with van der Waals surface area (Å²) < 4.78 is 0. The minimum atomic E-state index is 0. The molecule has 4 heteroatoms. The summed E-state index contributed by atoms with van der Waals surface area (Å²) in [5.74, 6) is 0.199. The van der Waals surface area contributed by atoms with Crippen molar-refractivity contribution in [3.05, 3.63) is 35.4 Å². The Morgan fingerprint density at radius 2 is 2.16 bits per heavy atom. The fourth-order valence-corrected chi connectivity index (χ4v) is 2.74. The van der Waals surface area contributed by atoms with Gasteiger partial charge < -0.3 is 10.2 Å². The van der Waals surface area contributed by atoms with Gasteiger partial charge in [0.25, 0.3) is 5.91 Å². The number of rotatable bonds is 4. The van der Waals surface area contributed by atoms with Crippen LogP contribution in [0.4, 0.5) is 0 Å². The Morgan fingerprint density at radius 3 is 2.84 bits per heavy atom. The van der Waals surface area contributed by atoms with Crippen LogP contribution in [0.25, 0.3) is 0 Å². The Morgan fingerprint density at radius 1 is 1.42 bits per heavy atom. The van der Waals surface area contributed by atoms with E-state index < -0.39 is 0 Å². The molecule has 106 valence electrons. The number of aryl methyl sites for hydroxylation is 1. The summed E-state index contributed by atoms with van der Waals surface area (Å²) in [4.78, 5) is 14.6. The number of benzene rings is 1. The molecule has 1 aliphatic rings. The molecular weight excluding hydrogens is 260 g/mol. The van der Waals surface area contributed by atoms with Crippen molar-refractivity contribution in [2.75, 3.05) is 20.1 Å².